The van der Waals surface area contributed by atoms with Crippen LogP contribution in [0.1, 0.15) is 15.9 Å². The summed E-state index contributed by atoms with van der Waals surface area (Å²) < 4.78 is 11.2. The predicted molar refractivity (Wildman–Crippen MR) is 102 cm³/mol. The number of amides is 1. The lowest BCUT2D eigenvalue weighted by Gasteiger charge is -2.32. The largest absolute Gasteiger partial charge is 0.496 e. The van der Waals surface area contributed by atoms with E-state index in [0.29, 0.717) is 28.7 Å². The summed E-state index contributed by atoms with van der Waals surface area (Å²) in [5.41, 5.74) is 1.48. The molecule has 1 aliphatic heterocycles. The normalized spacial score (nSPS) is 15.0. The van der Waals surface area contributed by atoms with Crippen molar-refractivity contribution >= 4 is 17.5 Å². The Morgan fingerprint density at radius 3 is 2.58 bits per heavy atom. The van der Waals surface area contributed by atoms with Gasteiger partial charge in [-0.25, -0.2) is 0 Å². The van der Waals surface area contributed by atoms with Crippen LogP contribution in [-0.4, -0.2) is 56.0 Å². The highest BCUT2D eigenvalue weighted by Gasteiger charge is 2.21. The van der Waals surface area contributed by atoms with Crippen LogP contribution in [0.5, 0.6) is 11.5 Å². The van der Waals surface area contributed by atoms with Gasteiger partial charge >= 0.3 is 0 Å². The molecule has 3 rings (SSSR count). The van der Waals surface area contributed by atoms with Gasteiger partial charge in [-0.2, -0.15) is 0 Å². The van der Waals surface area contributed by atoms with E-state index in [0.717, 1.165) is 31.7 Å². The van der Waals surface area contributed by atoms with E-state index >= 15 is 0 Å². The van der Waals surface area contributed by atoms with Crippen LogP contribution in [0.15, 0.2) is 42.5 Å². The van der Waals surface area contributed by atoms with E-state index < -0.39 is 0 Å². The van der Waals surface area contributed by atoms with Crippen molar-refractivity contribution < 1.29 is 14.3 Å². The number of likely N-dealkylation sites (N-methyl/N-ethyl adjacent to an activating group) is 1. The van der Waals surface area contributed by atoms with Crippen LogP contribution >= 0.6 is 11.6 Å². The number of hydrogen-bond acceptors (Lipinski definition) is 4. The van der Waals surface area contributed by atoms with Crippen LogP contribution in [0, 0.1) is 0 Å². The second-order valence-electron chi connectivity index (χ2n) is 6.37. The Balaban J connectivity index is 1.74. The summed E-state index contributed by atoms with van der Waals surface area (Å²) in [6.07, 6.45) is 0. The molecular weight excluding hydrogens is 352 g/mol. The standard InChI is InChI=1S/C20H23ClN2O3/c1-22-8-10-23(11-9-22)20(24)15-6-7-19(25-2)16(12-15)14-26-18-5-3-4-17(21)13-18/h3-7,12-13H,8-11,14H2,1-2H3. The molecule has 0 radical (unpaired) electrons. The SMILES string of the molecule is COc1ccc(C(=O)N2CCN(C)CC2)cc1COc1cccc(Cl)c1. The molecule has 0 spiro atoms. The Labute approximate surface area is 159 Å². The number of carbonyl (C=O) groups excluding carboxylic acids is 1. The Bertz CT molecular complexity index is 773. The fourth-order valence-electron chi connectivity index (χ4n) is 2.93. The molecule has 5 nitrogen and oxygen atoms in total. The molecule has 0 atom stereocenters. The molecule has 1 aliphatic rings. The molecule has 1 saturated heterocycles. The van der Waals surface area contributed by atoms with Crippen molar-refractivity contribution in [1.29, 1.82) is 0 Å². The molecule has 1 heterocycles. The zero-order valence-electron chi connectivity index (χ0n) is 15.1. The maximum Gasteiger partial charge on any atom is 0.253 e. The van der Waals surface area contributed by atoms with Gasteiger partial charge in [-0.15, -0.1) is 0 Å². The summed E-state index contributed by atoms with van der Waals surface area (Å²) in [6, 6.07) is 12.7. The van der Waals surface area contributed by atoms with Crippen LogP contribution in [-0.2, 0) is 6.61 Å². The van der Waals surface area contributed by atoms with E-state index in [9.17, 15) is 4.79 Å². The first kappa shape index (κ1) is 18.5. The summed E-state index contributed by atoms with van der Waals surface area (Å²) in [6.45, 7) is 3.58. The van der Waals surface area contributed by atoms with Gasteiger partial charge in [0.1, 0.15) is 18.1 Å². The number of rotatable bonds is 5. The van der Waals surface area contributed by atoms with Gasteiger partial charge in [0.2, 0.25) is 0 Å². The highest BCUT2D eigenvalue weighted by atomic mass is 35.5. The number of hydrogen-bond donors (Lipinski definition) is 0. The summed E-state index contributed by atoms with van der Waals surface area (Å²) >= 11 is 5.99. The van der Waals surface area contributed by atoms with Gasteiger partial charge < -0.3 is 19.3 Å². The minimum absolute atomic E-state index is 0.0461. The number of carbonyl (C=O) groups is 1. The van der Waals surface area contributed by atoms with Gasteiger partial charge in [0.25, 0.3) is 5.91 Å². The highest BCUT2D eigenvalue weighted by molar-refractivity contribution is 6.30. The number of piperazine rings is 1. The average Bonchev–Trinajstić information content (AvgIpc) is 2.66. The van der Waals surface area contributed by atoms with Gasteiger partial charge in [0.05, 0.1) is 7.11 Å². The lowest BCUT2D eigenvalue weighted by atomic mass is 10.1. The monoisotopic (exact) mass is 374 g/mol. The molecule has 138 valence electrons. The molecular formula is C20H23ClN2O3. The van der Waals surface area contributed by atoms with Crippen molar-refractivity contribution in [3.63, 3.8) is 0 Å². The number of ether oxygens (including phenoxy) is 2. The smallest absolute Gasteiger partial charge is 0.253 e. The molecule has 0 N–H and O–H groups in total. The van der Waals surface area contributed by atoms with E-state index in [4.69, 9.17) is 21.1 Å². The summed E-state index contributed by atoms with van der Waals surface area (Å²) in [5, 5.41) is 0.619. The topological polar surface area (TPSA) is 42.0 Å². The molecule has 0 aromatic heterocycles. The quantitative estimate of drug-likeness (QED) is 0.805. The van der Waals surface area contributed by atoms with Crippen LogP contribution in [0.3, 0.4) is 0 Å². The maximum absolute atomic E-state index is 12.8. The van der Waals surface area contributed by atoms with Crippen molar-refractivity contribution in [2.24, 2.45) is 0 Å². The van der Waals surface area contributed by atoms with E-state index in [-0.39, 0.29) is 5.91 Å². The maximum atomic E-state index is 12.8. The van der Waals surface area contributed by atoms with Crippen LogP contribution in [0.4, 0.5) is 0 Å². The van der Waals surface area contributed by atoms with Gasteiger partial charge in [-0.05, 0) is 43.4 Å². The van der Waals surface area contributed by atoms with Gasteiger partial charge in [-0.3, -0.25) is 4.79 Å². The number of methoxy groups -OCH3 is 1. The molecule has 0 bridgehead atoms. The zero-order chi connectivity index (χ0) is 18.5. The van der Waals surface area contributed by atoms with Crippen molar-refractivity contribution in [2.45, 2.75) is 6.61 Å². The van der Waals surface area contributed by atoms with Gasteiger partial charge in [-0.1, -0.05) is 17.7 Å². The lowest BCUT2D eigenvalue weighted by molar-refractivity contribution is 0.0664. The molecule has 1 fully saturated rings. The zero-order valence-corrected chi connectivity index (χ0v) is 15.8. The number of halogens is 1. The summed E-state index contributed by atoms with van der Waals surface area (Å²) in [4.78, 5) is 16.9. The third-order valence-corrected chi connectivity index (χ3v) is 4.74. The van der Waals surface area contributed by atoms with Gasteiger partial charge in [0.15, 0.2) is 0 Å². The van der Waals surface area contributed by atoms with Crippen molar-refractivity contribution in [1.82, 2.24) is 9.80 Å². The Morgan fingerprint density at radius 1 is 1.12 bits per heavy atom. The second kappa shape index (κ2) is 8.43. The number of nitrogens with zero attached hydrogens (tertiary/aromatic N) is 2. The molecule has 0 aliphatic carbocycles. The first-order chi connectivity index (χ1) is 12.6. The summed E-state index contributed by atoms with van der Waals surface area (Å²) in [7, 11) is 3.68. The third kappa shape index (κ3) is 4.48. The van der Waals surface area contributed by atoms with Crippen molar-refractivity contribution in [3.8, 4) is 11.5 Å². The first-order valence-electron chi connectivity index (χ1n) is 8.60. The molecule has 0 saturated carbocycles. The Hall–Kier alpha value is -2.24. The fourth-order valence-corrected chi connectivity index (χ4v) is 3.11. The average molecular weight is 375 g/mol. The van der Waals surface area contributed by atoms with Crippen LogP contribution < -0.4 is 9.47 Å². The van der Waals surface area contributed by atoms with Gasteiger partial charge in [0, 0.05) is 42.3 Å². The minimum Gasteiger partial charge on any atom is -0.496 e. The first-order valence-corrected chi connectivity index (χ1v) is 8.97. The summed E-state index contributed by atoms with van der Waals surface area (Å²) in [5.74, 6) is 1.42. The number of benzene rings is 2. The molecule has 0 unspecified atom stereocenters. The van der Waals surface area contributed by atoms with E-state index in [1.54, 1.807) is 19.2 Å². The van der Waals surface area contributed by atoms with Crippen LogP contribution in [0.25, 0.3) is 0 Å². The fraction of sp³-hybridized carbons (Fsp3) is 0.350. The molecule has 2 aromatic carbocycles. The molecule has 26 heavy (non-hydrogen) atoms. The van der Waals surface area contributed by atoms with E-state index in [1.165, 1.54) is 0 Å². The second-order valence-corrected chi connectivity index (χ2v) is 6.80. The van der Waals surface area contributed by atoms with E-state index in [1.807, 2.05) is 35.2 Å². The van der Waals surface area contributed by atoms with Crippen LogP contribution in [0.2, 0.25) is 5.02 Å². The Kier molecular flexibility index (Phi) is 6.01. The Morgan fingerprint density at radius 2 is 1.88 bits per heavy atom. The lowest BCUT2D eigenvalue weighted by Crippen LogP contribution is -2.47. The molecule has 6 heteroatoms. The van der Waals surface area contributed by atoms with Crippen molar-refractivity contribution in [3.05, 3.63) is 58.6 Å². The molecule has 1 amide bonds. The molecule has 2 aromatic rings. The highest BCUT2D eigenvalue weighted by Crippen LogP contribution is 2.24. The third-order valence-electron chi connectivity index (χ3n) is 4.51. The van der Waals surface area contributed by atoms with Crippen molar-refractivity contribution in [2.75, 3.05) is 40.3 Å². The minimum atomic E-state index is 0.0461. The van der Waals surface area contributed by atoms with E-state index in [2.05, 4.69) is 11.9 Å². The predicted octanol–water partition coefficient (Wildman–Crippen LogP) is 3.32.